The molecule has 0 spiro atoms. The number of benzene rings is 7. The van der Waals surface area contributed by atoms with Crippen LogP contribution in [0.25, 0.3) is 93.6 Å². The third-order valence-corrected chi connectivity index (χ3v) is 11.4. The molecule has 0 N–H and O–H groups in total. The number of aromatic nitrogens is 6. The molecule has 5 aromatic heterocycles. The van der Waals surface area contributed by atoms with Gasteiger partial charge in [0.25, 0.3) is 0 Å². The summed E-state index contributed by atoms with van der Waals surface area (Å²) in [7, 11) is 4.19. The Balaban J connectivity index is 0.00000385. The molecule has 0 fully saturated rings. The summed E-state index contributed by atoms with van der Waals surface area (Å²) in [5, 5.41) is 6.93. The summed E-state index contributed by atoms with van der Waals surface area (Å²) in [5.74, 6) is 1.98. The Morgan fingerprint density at radius 2 is 1.22 bits per heavy atom. The molecule has 0 atom stereocenters. The largest absolute Gasteiger partial charge is 0.510 e. The third kappa shape index (κ3) is 4.83. The number of hydrogen-bond donors (Lipinski definition) is 0. The fraction of sp³-hybridized carbons (Fsp3) is 0.0400. The van der Waals surface area contributed by atoms with Gasteiger partial charge in [-0.25, -0.2) is 4.98 Å². The Morgan fingerprint density at radius 1 is 0.534 bits per heavy atom. The number of ether oxygens (including phenoxy) is 1. The molecule has 0 radical (unpaired) electrons. The summed E-state index contributed by atoms with van der Waals surface area (Å²) >= 11 is 0. The van der Waals surface area contributed by atoms with E-state index in [0.717, 1.165) is 77.5 Å². The van der Waals surface area contributed by atoms with Gasteiger partial charge in [0.2, 0.25) is 6.33 Å². The van der Waals surface area contributed by atoms with E-state index in [1.165, 1.54) is 16.2 Å². The molecule has 0 aliphatic heterocycles. The molecule has 0 aliphatic rings. The van der Waals surface area contributed by atoms with Gasteiger partial charge in [0.1, 0.15) is 5.82 Å². The van der Waals surface area contributed by atoms with Crippen molar-refractivity contribution in [3.8, 4) is 28.7 Å². The number of nitrogens with zero attached hydrogens (tertiary/aromatic N) is 6. The van der Waals surface area contributed by atoms with Crippen molar-refractivity contribution in [3.63, 3.8) is 0 Å². The van der Waals surface area contributed by atoms with Crippen LogP contribution < -0.4 is 9.30 Å². The number of fused-ring (bicyclic) bond motifs is 13. The van der Waals surface area contributed by atoms with Crippen molar-refractivity contribution in [1.82, 2.24) is 23.3 Å². The fourth-order valence-electron chi connectivity index (χ4n) is 9.05. The summed E-state index contributed by atoms with van der Waals surface area (Å²) in [4.78, 5) is 4.97. The zero-order valence-electron chi connectivity index (χ0n) is 31.4. The third-order valence-electron chi connectivity index (χ3n) is 11.4. The molecule has 0 unspecified atom stereocenters. The van der Waals surface area contributed by atoms with Crippen LogP contribution in [0.5, 0.6) is 11.5 Å². The molecule has 12 rings (SSSR count). The van der Waals surface area contributed by atoms with E-state index >= 15 is 0 Å². The standard InChI is InChI=1S/C50H32N6O.Pt/c1-52-31-54(42-24-11-10-23-41(42)52)33-17-14-18-34(29-33)57-35-26-27-38-43(30-35)56(44-25-12-13-28-51-44)48-45(38)46-37-20-7-9-22-40(37)55(32-15-4-3-5-16-32)50(46)49-47(48)36-19-6-8-21-39(36)53(49)2;/h3-28H,1-2H3;/q-2;. The van der Waals surface area contributed by atoms with Gasteiger partial charge in [-0.15, -0.1) is 29.7 Å². The van der Waals surface area contributed by atoms with Crippen molar-refractivity contribution in [2.75, 3.05) is 0 Å². The summed E-state index contributed by atoms with van der Waals surface area (Å²) < 4.78 is 17.7. The molecule has 7 nitrogen and oxygen atoms in total. The topological polar surface area (TPSA) is 45.7 Å². The molecule has 0 amide bonds. The van der Waals surface area contributed by atoms with Crippen molar-refractivity contribution < 1.29 is 30.4 Å². The monoisotopic (exact) mass is 927 g/mol. The molecule has 5 heterocycles. The summed E-state index contributed by atoms with van der Waals surface area (Å²) in [6, 6.07) is 59.9. The summed E-state index contributed by atoms with van der Waals surface area (Å²) in [6.07, 6.45) is 5.27. The molecular formula is C50H32N6OPt-2. The second-order valence-corrected chi connectivity index (χ2v) is 14.5. The Hall–Kier alpha value is -6.95. The van der Waals surface area contributed by atoms with Crippen LogP contribution in [0.1, 0.15) is 0 Å². The van der Waals surface area contributed by atoms with E-state index in [0.29, 0.717) is 11.5 Å². The molecule has 58 heavy (non-hydrogen) atoms. The Labute approximate surface area is 347 Å². The van der Waals surface area contributed by atoms with Crippen molar-refractivity contribution in [1.29, 1.82) is 0 Å². The normalized spacial score (nSPS) is 11.8. The van der Waals surface area contributed by atoms with Crippen LogP contribution in [0, 0.1) is 18.5 Å². The first-order valence-corrected chi connectivity index (χ1v) is 19.0. The molecule has 0 bridgehead atoms. The van der Waals surface area contributed by atoms with Crippen molar-refractivity contribution in [2.24, 2.45) is 14.1 Å². The van der Waals surface area contributed by atoms with Gasteiger partial charge in [-0.2, -0.15) is 18.2 Å². The maximum atomic E-state index is 6.65. The Morgan fingerprint density at radius 3 is 2.03 bits per heavy atom. The predicted octanol–water partition coefficient (Wildman–Crippen LogP) is 10.9. The van der Waals surface area contributed by atoms with Gasteiger partial charge in [-0.1, -0.05) is 96.1 Å². The second kappa shape index (κ2) is 13.1. The van der Waals surface area contributed by atoms with Crippen molar-refractivity contribution in [2.45, 2.75) is 0 Å². The average Bonchev–Trinajstić information content (AvgIpc) is 3.98. The van der Waals surface area contributed by atoms with Crippen LogP contribution in [0.4, 0.5) is 0 Å². The molecule has 7 aromatic carbocycles. The van der Waals surface area contributed by atoms with E-state index in [4.69, 9.17) is 9.72 Å². The van der Waals surface area contributed by atoms with Crippen LogP contribution in [0.15, 0.2) is 158 Å². The molecular weight excluding hydrogens is 896 g/mol. The van der Waals surface area contributed by atoms with E-state index in [-0.39, 0.29) is 21.1 Å². The van der Waals surface area contributed by atoms with Crippen LogP contribution in [0.3, 0.4) is 0 Å². The molecule has 8 heteroatoms. The van der Waals surface area contributed by atoms with Gasteiger partial charge >= 0.3 is 0 Å². The fourth-order valence-corrected chi connectivity index (χ4v) is 9.05. The number of rotatable bonds is 5. The first-order chi connectivity index (χ1) is 28.1. The van der Waals surface area contributed by atoms with Crippen LogP contribution in [-0.2, 0) is 35.2 Å². The van der Waals surface area contributed by atoms with Gasteiger partial charge in [-0.05, 0) is 41.8 Å². The number of imidazole rings is 1. The number of pyridine rings is 1. The Kier molecular flexibility index (Phi) is 7.72. The maximum absolute atomic E-state index is 6.65. The number of aryl methyl sites for hydroxylation is 2. The zero-order valence-corrected chi connectivity index (χ0v) is 33.7. The molecule has 0 saturated heterocycles. The van der Waals surface area contributed by atoms with Gasteiger partial charge in [0.05, 0.1) is 40.1 Å². The van der Waals surface area contributed by atoms with Crippen molar-refractivity contribution >= 4 is 76.5 Å². The summed E-state index contributed by atoms with van der Waals surface area (Å²) in [5.41, 5.74) is 10.7. The van der Waals surface area contributed by atoms with Gasteiger partial charge < -0.3 is 27.6 Å². The molecule has 0 aliphatic carbocycles. The van der Waals surface area contributed by atoms with E-state index in [2.05, 4.69) is 142 Å². The van der Waals surface area contributed by atoms with E-state index in [9.17, 15) is 0 Å². The number of hydrogen-bond acceptors (Lipinski definition) is 2. The minimum Gasteiger partial charge on any atom is -0.510 e. The summed E-state index contributed by atoms with van der Waals surface area (Å²) in [6.45, 7) is 0. The minimum absolute atomic E-state index is 0. The quantitative estimate of drug-likeness (QED) is 0.128. The molecule has 0 saturated carbocycles. The van der Waals surface area contributed by atoms with Crippen LogP contribution in [-0.4, -0.2) is 23.3 Å². The zero-order chi connectivity index (χ0) is 37.8. The van der Waals surface area contributed by atoms with Gasteiger partial charge in [-0.3, -0.25) is 0 Å². The smallest absolute Gasteiger partial charge is 0.242 e. The molecule has 12 aromatic rings. The van der Waals surface area contributed by atoms with E-state index in [1.807, 2.05) is 70.9 Å². The Bertz CT molecular complexity index is 3580. The van der Waals surface area contributed by atoms with E-state index in [1.54, 1.807) is 0 Å². The second-order valence-electron chi connectivity index (χ2n) is 14.5. The average molecular weight is 928 g/mol. The van der Waals surface area contributed by atoms with Gasteiger partial charge in [0, 0.05) is 78.6 Å². The maximum Gasteiger partial charge on any atom is 0.242 e. The van der Waals surface area contributed by atoms with Crippen molar-refractivity contribution in [3.05, 3.63) is 176 Å². The molecule has 280 valence electrons. The first-order valence-electron chi connectivity index (χ1n) is 19.0. The SMILES string of the molecule is Cn1[c-][n+](-c2[c-]c(Oc3[c-]c4c(cc3)c3c5c6ccccc6n(-c6ccccc6)c5c5c(c6ccccc6n5C)c3n4-c3ccccn3)ccc2)c2ccccc21.[Pt]. The predicted molar refractivity (Wildman–Crippen MR) is 228 cm³/mol. The van der Waals surface area contributed by atoms with E-state index < -0.39 is 0 Å². The van der Waals surface area contributed by atoms with Crippen LogP contribution in [0.2, 0.25) is 0 Å². The first kappa shape index (κ1) is 34.3. The minimum atomic E-state index is 0. The number of para-hydroxylation sites is 5. The van der Waals surface area contributed by atoms with Crippen LogP contribution >= 0.6 is 0 Å². The van der Waals surface area contributed by atoms with Gasteiger partial charge in [0.15, 0.2) is 0 Å².